The summed E-state index contributed by atoms with van der Waals surface area (Å²) in [5, 5.41) is 2.99. The van der Waals surface area contributed by atoms with Crippen LogP contribution in [0.5, 0.6) is 0 Å². The van der Waals surface area contributed by atoms with Crippen LogP contribution in [0.2, 0.25) is 0 Å². The van der Waals surface area contributed by atoms with E-state index >= 15 is 0 Å². The average molecular weight is 269 g/mol. The summed E-state index contributed by atoms with van der Waals surface area (Å²) in [6.45, 7) is 3.74. The monoisotopic (exact) mass is 269 g/mol. The third-order valence-electron chi connectivity index (χ3n) is 2.50. The molecule has 0 saturated heterocycles. The minimum atomic E-state index is -4.37. The van der Waals surface area contributed by atoms with Gasteiger partial charge in [0, 0.05) is 29.8 Å². The topological polar surface area (TPSA) is 29.9 Å². The Bertz CT molecular complexity index is 545. The summed E-state index contributed by atoms with van der Waals surface area (Å²) in [5.41, 5.74) is 0.186. The van der Waals surface area contributed by atoms with Crippen LogP contribution < -0.4 is 5.32 Å². The molecule has 102 valence electrons. The summed E-state index contributed by atoms with van der Waals surface area (Å²) < 4.78 is 40.2. The van der Waals surface area contributed by atoms with Crippen molar-refractivity contribution in [1.82, 2.24) is 9.55 Å². The summed E-state index contributed by atoms with van der Waals surface area (Å²) >= 11 is 0. The normalized spacial score (nSPS) is 11.9. The smallest absolute Gasteiger partial charge is 0.383 e. The first-order valence-corrected chi connectivity index (χ1v) is 5.83. The molecule has 1 aromatic heterocycles. The molecule has 2 aromatic rings. The Kier molecular flexibility index (Phi) is 3.50. The number of aromatic nitrogens is 2. The van der Waals surface area contributed by atoms with Crippen LogP contribution in [0.1, 0.15) is 19.4 Å². The van der Waals surface area contributed by atoms with Crippen LogP contribution in [0, 0.1) is 0 Å². The minimum absolute atomic E-state index is 0.0547. The summed E-state index contributed by atoms with van der Waals surface area (Å²) in [6, 6.07) is 3.93. The zero-order valence-corrected chi connectivity index (χ0v) is 10.6. The standard InChI is InChI=1S/C13H14F3N3/c1-9(2)18-11-5-10(13(14,15)16)6-12(7-11)19-4-3-17-8-19/h3-9,18H,1-2H3. The summed E-state index contributed by atoms with van der Waals surface area (Å²) in [7, 11) is 0. The van der Waals surface area contributed by atoms with Gasteiger partial charge in [-0.15, -0.1) is 0 Å². The fraction of sp³-hybridized carbons (Fsp3) is 0.308. The molecule has 0 spiro atoms. The Hall–Kier alpha value is -1.98. The van der Waals surface area contributed by atoms with Crippen molar-refractivity contribution in [2.45, 2.75) is 26.1 Å². The van der Waals surface area contributed by atoms with Crippen molar-refractivity contribution in [1.29, 1.82) is 0 Å². The van der Waals surface area contributed by atoms with E-state index in [0.717, 1.165) is 12.1 Å². The number of rotatable bonds is 3. The van der Waals surface area contributed by atoms with Crippen LogP contribution >= 0.6 is 0 Å². The van der Waals surface area contributed by atoms with Gasteiger partial charge in [-0.1, -0.05) is 0 Å². The van der Waals surface area contributed by atoms with Gasteiger partial charge in [0.1, 0.15) is 0 Å². The van der Waals surface area contributed by atoms with E-state index in [1.165, 1.54) is 12.5 Å². The predicted octanol–water partition coefficient (Wildman–Crippen LogP) is 3.71. The summed E-state index contributed by atoms with van der Waals surface area (Å²) in [6.07, 6.45) is 0.225. The van der Waals surface area contributed by atoms with Crippen molar-refractivity contribution in [3.63, 3.8) is 0 Å². The van der Waals surface area contributed by atoms with Crippen molar-refractivity contribution in [3.05, 3.63) is 42.5 Å². The van der Waals surface area contributed by atoms with Gasteiger partial charge in [-0.05, 0) is 32.0 Å². The first-order valence-electron chi connectivity index (χ1n) is 5.83. The molecule has 0 aliphatic carbocycles. The van der Waals surface area contributed by atoms with Crippen LogP contribution in [-0.4, -0.2) is 15.6 Å². The highest BCUT2D eigenvalue weighted by atomic mass is 19.4. The Labute approximate surface area is 109 Å². The van der Waals surface area contributed by atoms with Crippen LogP contribution in [-0.2, 0) is 6.18 Å². The Morgan fingerprint density at radius 1 is 1.21 bits per heavy atom. The second-order valence-corrected chi connectivity index (χ2v) is 4.54. The molecule has 0 fully saturated rings. The van der Waals surface area contributed by atoms with Gasteiger partial charge >= 0.3 is 6.18 Å². The van der Waals surface area contributed by atoms with Gasteiger partial charge < -0.3 is 9.88 Å². The van der Waals surface area contributed by atoms with E-state index in [0.29, 0.717) is 11.4 Å². The van der Waals surface area contributed by atoms with Gasteiger partial charge in [0.05, 0.1) is 11.9 Å². The van der Waals surface area contributed by atoms with Gasteiger partial charge in [-0.25, -0.2) is 4.98 Å². The fourth-order valence-electron chi connectivity index (χ4n) is 1.75. The quantitative estimate of drug-likeness (QED) is 0.920. The molecule has 1 N–H and O–H groups in total. The van der Waals surface area contributed by atoms with Gasteiger partial charge in [0.2, 0.25) is 0 Å². The van der Waals surface area contributed by atoms with E-state index in [1.54, 1.807) is 16.8 Å². The molecule has 1 aromatic carbocycles. The molecule has 0 aliphatic heterocycles. The molecule has 2 rings (SSSR count). The molecular weight excluding hydrogens is 255 g/mol. The summed E-state index contributed by atoms with van der Waals surface area (Å²) in [4.78, 5) is 3.84. The first kappa shape index (κ1) is 13.5. The van der Waals surface area contributed by atoms with E-state index in [2.05, 4.69) is 10.3 Å². The zero-order valence-electron chi connectivity index (χ0n) is 10.6. The van der Waals surface area contributed by atoms with Crippen molar-refractivity contribution < 1.29 is 13.2 Å². The van der Waals surface area contributed by atoms with Crippen molar-refractivity contribution in [3.8, 4) is 5.69 Å². The number of imidazole rings is 1. The average Bonchev–Trinajstić information content (AvgIpc) is 2.79. The number of anilines is 1. The lowest BCUT2D eigenvalue weighted by atomic mass is 10.1. The maximum Gasteiger partial charge on any atom is 0.416 e. The van der Waals surface area contributed by atoms with Crippen LogP contribution in [0.4, 0.5) is 18.9 Å². The first-order chi connectivity index (χ1) is 8.86. The second-order valence-electron chi connectivity index (χ2n) is 4.54. The summed E-state index contributed by atoms with van der Waals surface area (Å²) in [5.74, 6) is 0. The van der Waals surface area contributed by atoms with E-state index in [4.69, 9.17) is 0 Å². The number of halogens is 3. The molecule has 3 nitrogen and oxygen atoms in total. The Morgan fingerprint density at radius 2 is 1.95 bits per heavy atom. The lowest BCUT2D eigenvalue weighted by Crippen LogP contribution is -2.12. The molecule has 6 heteroatoms. The van der Waals surface area contributed by atoms with Gasteiger partial charge in [0.25, 0.3) is 0 Å². The zero-order chi connectivity index (χ0) is 14.0. The van der Waals surface area contributed by atoms with Gasteiger partial charge in [-0.2, -0.15) is 13.2 Å². The highest BCUT2D eigenvalue weighted by Crippen LogP contribution is 2.33. The number of alkyl halides is 3. The van der Waals surface area contributed by atoms with Gasteiger partial charge in [-0.3, -0.25) is 0 Å². The molecular formula is C13H14F3N3. The minimum Gasteiger partial charge on any atom is -0.383 e. The van der Waals surface area contributed by atoms with Crippen molar-refractivity contribution >= 4 is 5.69 Å². The van der Waals surface area contributed by atoms with E-state index < -0.39 is 11.7 Å². The molecule has 1 heterocycles. The SMILES string of the molecule is CC(C)Nc1cc(-n2ccnc2)cc(C(F)(F)F)c1. The van der Waals surface area contributed by atoms with Crippen LogP contribution in [0.25, 0.3) is 5.69 Å². The van der Waals surface area contributed by atoms with Gasteiger partial charge in [0.15, 0.2) is 0 Å². The van der Waals surface area contributed by atoms with E-state index in [-0.39, 0.29) is 6.04 Å². The molecule has 0 amide bonds. The number of nitrogens with zero attached hydrogens (tertiary/aromatic N) is 2. The highest BCUT2D eigenvalue weighted by Gasteiger charge is 2.31. The molecule has 0 atom stereocenters. The molecule has 0 bridgehead atoms. The van der Waals surface area contributed by atoms with Crippen molar-refractivity contribution in [2.24, 2.45) is 0 Å². The third-order valence-corrected chi connectivity index (χ3v) is 2.50. The largest absolute Gasteiger partial charge is 0.416 e. The predicted molar refractivity (Wildman–Crippen MR) is 67.3 cm³/mol. The maximum atomic E-state index is 12.9. The lowest BCUT2D eigenvalue weighted by Gasteiger charge is -2.15. The molecule has 19 heavy (non-hydrogen) atoms. The maximum absolute atomic E-state index is 12.9. The highest BCUT2D eigenvalue weighted by molar-refractivity contribution is 5.55. The fourth-order valence-corrected chi connectivity index (χ4v) is 1.75. The Balaban J connectivity index is 2.49. The molecule has 0 radical (unpaired) electrons. The van der Waals surface area contributed by atoms with E-state index in [1.807, 2.05) is 13.8 Å². The second kappa shape index (κ2) is 4.95. The lowest BCUT2D eigenvalue weighted by molar-refractivity contribution is -0.137. The van der Waals surface area contributed by atoms with Crippen LogP contribution in [0.15, 0.2) is 36.9 Å². The van der Waals surface area contributed by atoms with Crippen molar-refractivity contribution in [2.75, 3.05) is 5.32 Å². The number of benzene rings is 1. The molecule has 0 unspecified atom stereocenters. The van der Waals surface area contributed by atoms with Crippen LogP contribution in [0.3, 0.4) is 0 Å². The number of hydrogen-bond acceptors (Lipinski definition) is 2. The Morgan fingerprint density at radius 3 is 2.47 bits per heavy atom. The number of hydrogen-bond donors (Lipinski definition) is 1. The third kappa shape index (κ3) is 3.27. The number of nitrogens with one attached hydrogen (secondary N) is 1. The molecule has 0 saturated carbocycles. The molecule has 0 aliphatic rings. The van der Waals surface area contributed by atoms with E-state index in [9.17, 15) is 13.2 Å².